The summed E-state index contributed by atoms with van der Waals surface area (Å²) in [4.78, 5) is 36.4. The summed E-state index contributed by atoms with van der Waals surface area (Å²) in [5.74, 6) is -0.393. The van der Waals surface area contributed by atoms with Crippen molar-refractivity contribution in [3.63, 3.8) is 0 Å². The molecule has 1 heterocycles. The van der Waals surface area contributed by atoms with Crippen LogP contribution in [0.1, 0.15) is 31.2 Å². The molecule has 2 rings (SSSR count). The van der Waals surface area contributed by atoms with Crippen LogP contribution < -0.4 is 0 Å². The summed E-state index contributed by atoms with van der Waals surface area (Å²) >= 11 is 1.14. The van der Waals surface area contributed by atoms with E-state index in [1.807, 2.05) is 42.5 Å². The van der Waals surface area contributed by atoms with Crippen molar-refractivity contribution in [2.75, 3.05) is 25.4 Å². The van der Waals surface area contributed by atoms with Gasteiger partial charge in [0.15, 0.2) is 0 Å². The molecular weight excluding hydrogens is 378 g/mol. The second-order valence-electron chi connectivity index (χ2n) is 6.67. The standard InChI is InChI=1S/C21H27NO5S/c23-19(24)10-6-1-2-7-13-22-14-11-18(20(22)25)16-27-21(26)28-15-12-17-8-4-3-5-9-17/h2-5,7-9,18H,1,6,10-16H2,(H,23,24)/t18-/m1/s1. The molecule has 0 aliphatic carbocycles. The van der Waals surface area contributed by atoms with Crippen LogP contribution in [0.2, 0.25) is 0 Å². The Balaban J connectivity index is 1.59. The molecular formula is C21H27NO5S. The number of likely N-dealkylation sites (tertiary alicyclic amines) is 1. The number of aliphatic carboxylic acids is 1. The molecule has 1 aromatic rings. The highest BCUT2D eigenvalue weighted by Crippen LogP contribution is 2.20. The van der Waals surface area contributed by atoms with Gasteiger partial charge in [-0.05, 0) is 43.0 Å². The van der Waals surface area contributed by atoms with Crippen LogP contribution in [-0.2, 0) is 20.7 Å². The summed E-state index contributed by atoms with van der Waals surface area (Å²) in [5.41, 5.74) is 1.18. The summed E-state index contributed by atoms with van der Waals surface area (Å²) in [6, 6.07) is 9.96. The molecule has 1 fully saturated rings. The molecule has 0 aromatic heterocycles. The van der Waals surface area contributed by atoms with E-state index in [4.69, 9.17) is 9.84 Å². The van der Waals surface area contributed by atoms with Gasteiger partial charge in [0.1, 0.15) is 6.61 Å². The van der Waals surface area contributed by atoms with Gasteiger partial charge in [0, 0.05) is 25.3 Å². The molecule has 1 aliphatic rings. The van der Waals surface area contributed by atoms with Crippen LogP contribution in [0.4, 0.5) is 4.79 Å². The number of hydrogen-bond donors (Lipinski definition) is 1. The molecule has 0 spiro atoms. The topological polar surface area (TPSA) is 83.9 Å². The number of carbonyl (C=O) groups is 3. The zero-order valence-electron chi connectivity index (χ0n) is 15.9. The van der Waals surface area contributed by atoms with E-state index in [2.05, 4.69) is 0 Å². The van der Waals surface area contributed by atoms with Gasteiger partial charge in [-0.25, -0.2) is 4.79 Å². The number of ether oxygens (including phenoxy) is 1. The maximum atomic E-state index is 12.3. The van der Waals surface area contributed by atoms with Crippen LogP contribution in [0.3, 0.4) is 0 Å². The Morgan fingerprint density at radius 2 is 2.04 bits per heavy atom. The van der Waals surface area contributed by atoms with E-state index in [-0.39, 0.29) is 30.2 Å². The molecule has 0 saturated carbocycles. The number of hydrogen-bond acceptors (Lipinski definition) is 5. The molecule has 7 heteroatoms. The number of carbonyl (C=O) groups excluding carboxylic acids is 2. The van der Waals surface area contributed by atoms with Crippen LogP contribution in [0.25, 0.3) is 0 Å². The van der Waals surface area contributed by atoms with Crippen molar-refractivity contribution < 1.29 is 24.2 Å². The molecule has 1 aliphatic heterocycles. The van der Waals surface area contributed by atoms with Gasteiger partial charge in [-0.1, -0.05) is 42.5 Å². The Bertz CT molecular complexity index is 677. The maximum Gasteiger partial charge on any atom is 0.367 e. The summed E-state index contributed by atoms with van der Waals surface area (Å²) in [6.07, 6.45) is 6.74. The Labute approximate surface area is 169 Å². The van der Waals surface area contributed by atoms with E-state index in [0.717, 1.165) is 18.2 Å². The number of rotatable bonds is 11. The smallest absolute Gasteiger partial charge is 0.367 e. The number of carboxylic acids is 1. The Morgan fingerprint density at radius 1 is 1.25 bits per heavy atom. The SMILES string of the molecule is O=C(O)CCCC=CCN1CC[C@H](COC(=O)SCCc2ccccc2)C1=O. The number of benzene rings is 1. The minimum atomic E-state index is -0.793. The molecule has 1 saturated heterocycles. The van der Waals surface area contributed by atoms with Gasteiger partial charge in [-0.2, -0.15) is 0 Å². The number of nitrogens with zero attached hydrogens (tertiary/aromatic N) is 1. The van der Waals surface area contributed by atoms with Crippen molar-refractivity contribution in [3.8, 4) is 0 Å². The number of amides is 1. The number of aryl methyl sites for hydroxylation is 1. The fourth-order valence-corrected chi connectivity index (χ4v) is 3.59. The quantitative estimate of drug-likeness (QED) is 0.343. The lowest BCUT2D eigenvalue weighted by atomic mass is 10.1. The largest absolute Gasteiger partial charge is 0.481 e. The van der Waals surface area contributed by atoms with E-state index in [1.54, 1.807) is 4.90 Å². The third-order valence-electron chi connectivity index (χ3n) is 4.52. The number of unbranched alkanes of at least 4 members (excludes halogenated alkanes) is 1. The lowest BCUT2D eigenvalue weighted by Crippen LogP contribution is -2.29. The van der Waals surface area contributed by atoms with Gasteiger partial charge >= 0.3 is 11.3 Å². The fourth-order valence-electron chi connectivity index (χ4n) is 2.94. The molecule has 28 heavy (non-hydrogen) atoms. The minimum absolute atomic E-state index is 0.0114. The average Bonchev–Trinajstić information content (AvgIpc) is 3.03. The molecule has 0 radical (unpaired) electrons. The monoisotopic (exact) mass is 405 g/mol. The van der Waals surface area contributed by atoms with Gasteiger partial charge in [-0.3, -0.25) is 9.59 Å². The van der Waals surface area contributed by atoms with Crippen LogP contribution in [0.5, 0.6) is 0 Å². The zero-order valence-corrected chi connectivity index (χ0v) is 16.7. The summed E-state index contributed by atoms with van der Waals surface area (Å²) < 4.78 is 5.27. The summed E-state index contributed by atoms with van der Waals surface area (Å²) in [5, 5.41) is 8.25. The highest BCUT2D eigenvalue weighted by Gasteiger charge is 2.31. The van der Waals surface area contributed by atoms with E-state index < -0.39 is 5.97 Å². The van der Waals surface area contributed by atoms with Crippen molar-refractivity contribution in [1.29, 1.82) is 0 Å². The lowest BCUT2D eigenvalue weighted by Gasteiger charge is -2.14. The van der Waals surface area contributed by atoms with Crippen LogP contribution in [0.15, 0.2) is 42.5 Å². The number of allylic oxidation sites excluding steroid dienone is 1. The molecule has 0 bridgehead atoms. The Morgan fingerprint density at radius 3 is 2.79 bits per heavy atom. The first-order valence-electron chi connectivity index (χ1n) is 9.55. The van der Waals surface area contributed by atoms with Crippen LogP contribution in [-0.4, -0.2) is 52.6 Å². The fraction of sp³-hybridized carbons (Fsp3) is 0.476. The second kappa shape index (κ2) is 12.2. The van der Waals surface area contributed by atoms with E-state index in [9.17, 15) is 14.4 Å². The van der Waals surface area contributed by atoms with E-state index >= 15 is 0 Å². The summed E-state index contributed by atoms with van der Waals surface area (Å²) in [6.45, 7) is 1.30. The average molecular weight is 406 g/mol. The molecule has 6 nitrogen and oxygen atoms in total. The third-order valence-corrected chi connectivity index (χ3v) is 5.28. The normalized spacial score (nSPS) is 16.6. The highest BCUT2D eigenvalue weighted by molar-refractivity contribution is 8.13. The first kappa shape index (κ1) is 22.0. The van der Waals surface area contributed by atoms with Crippen LogP contribution in [0, 0.1) is 5.92 Å². The van der Waals surface area contributed by atoms with Gasteiger partial charge < -0.3 is 14.7 Å². The van der Waals surface area contributed by atoms with Gasteiger partial charge in [0.2, 0.25) is 5.91 Å². The van der Waals surface area contributed by atoms with Crippen LogP contribution >= 0.6 is 11.8 Å². The lowest BCUT2D eigenvalue weighted by molar-refractivity contribution is -0.137. The highest BCUT2D eigenvalue weighted by atomic mass is 32.2. The molecule has 1 N–H and O–H groups in total. The molecule has 1 atom stereocenters. The second-order valence-corrected chi connectivity index (χ2v) is 7.70. The van der Waals surface area contributed by atoms with Crippen molar-refractivity contribution in [3.05, 3.63) is 48.0 Å². The Hall–Kier alpha value is -2.28. The minimum Gasteiger partial charge on any atom is -0.481 e. The number of thioether (sulfide) groups is 1. The van der Waals surface area contributed by atoms with E-state index in [1.165, 1.54) is 5.56 Å². The predicted octanol–water partition coefficient (Wildman–Crippen LogP) is 3.76. The third kappa shape index (κ3) is 8.17. The van der Waals surface area contributed by atoms with Gasteiger partial charge in [-0.15, -0.1) is 0 Å². The molecule has 152 valence electrons. The zero-order chi connectivity index (χ0) is 20.2. The Kier molecular flexibility index (Phi) is 9.62. The summed E-state index contributed by atoms with van der Waals surface area (Å²) in [7, 11) is 0. The molecule has 1 aromatic carbocycles. The molecule has 0 unspecified atom stereocenters. The van der Waals surface area contributed by atoms with Gasteiger partial charge in [0.25, 0.3) is 0 Å². The van der Waals surface area contributed by atoms with Crippen molar-refractivity contribution in [2.24, 2.45) is 5.92 Å². The van der Waals surface area contributed by atoms with E-state index in [0.29, 0.717) is 38.1 Å². The first-order chi connectivity index (χ1) is 13.6. The van der Waals surface area contributed by atoms with Gasteiger partial charge in [0.05, 0.1) is 5.92 Å². The molecule has 1 amide bonds. The van der Waals surface area contributed by atoms with Crippen molar-refractivity contribution in [1.82, 2.24) is 4.90 Å². The predicted molar refractivity (Wildman–Crippen MR) is 109 cm³/mol. The maximum absolute atomic E-state index is 12.3. The number of carboxylic acid groups (broad SMARTS) is 1. The first-order valence-corrected chi connectivity index (χ1v) is 10.5. The van der Waals surface area contributed by atoms with Crippen molar-refractivity contribution >= 4 is 28.9 Å². The van der Waals surface area contributed by atoms with Crippen molar-refractivity contribution in [2.45, 2.75) is 32.1 Å².